The van der Waals surface area contributed by atoms with Crippen molar-refractivity contribution in [3.05, 3.63) is 64.7 Å². The Hall–Kier alpha value is -2.33. The van der Waals surface area contributed by atoms with E-state index >= 15 is 0 Å². The lowest BCUT2D eigenvalue weighted by atomic mass is 10.1. The van der Waals surface area contributed by atoms with Crippen molar-refractivity contribution in [2.75, 3.05) is 12.4 Å². The van der Waals surface area contributed by atoms with Gasteiger partial charge in [0.05, 0.1) is 0 Å². The number of halogens is 1. The molecule has 0 heterocycles. The fraction of sp³-hybridized carbons (Fsp3) is 0.222. The zero-order chi connectivity index (χ0) is 16.4. The largest absolute Gasteiger partial charge is 0.355 e. The van der Waals surface area contributed by atoms with Crippen LogP contribution in [0.25, 0.3) is 0 Å². The van der Waals surface area contributed by atoms with E-state index in [1.165, 1.54) is 0 Å². The van der Waals surface area contributed by atoms with Gasteiger partial charge in [0.15, 0.2) is 0 Å². The number of hydrogen-bond acceptors (Lipinski definition) is 2. The maximum atomic E-state index is 12.4. The molecule has 23 heavy (non-hydrogen) atoms. The van der Waals surface area contributed by atoms with Crippen molar-refractivity contribution in [1.29, 1.82) is 0 Å². The van der Waals surface area contributed by atoms with Gasteiger partial charge in [0.25, 0.3) is 5.91 Å². The van der Waals surface area contributed by atoms with E-state index in [1.807, 2.05) is 24.3 Å². The van der Waals surface area contributed by atoms with Crippen LogP contribution in [-0.2, 0) is 4.79 Å². The highest BCUT2D eigenvalue weighted by Crippen LogP contribution is 2.49. The summed E-state index contributed by atoms with van der Waals surface area (Å²) in [5.74, 6) is -0.116. The first-order valence-electron chi connectivity index (χ1n) is 7.47. The van der Waals surface area contributed by atoms with Gasteiger partial charge in [-0.25, -0.2) is 0 Å². The third kappa shape index (κ3) is 3.37. The summed E-state index contributed by atoms with van der Waals surface area (Å²) in [5, 5.41) is 6.15. The summed E-state index contributed by atoms with van der Waals surface area (Å²) in [7, 11) is 1.58. The minimum atomic E-state index is -0.179. The third-order valence-corrected chi connectivity index (χ3v) is 4.40. The van der Waals surface area contributed by atoms with Gasteiger partial charge < -0.3 is 10.6 Å². The van der Waals surface area contributed by atoms with Crippen LogP contribution in [0.5, 0.6) is 0 Å². The second kappa shape index (κ2) is 6.42. The number of anilines is 1. The van der Waals surface area contributed by atoms with Crippen LogP contribution in [0.4, 0.5) is 5.69 Å². The number of hydrogen-bond donors (Lipinski definition) is 2. The Bertz CT molecular complexity index is 760. The van der Waals surface area contributed by atoms with Gasteiger partial charge in [-0.15, -0.1) is 0 Å². The highest BCUT2D eigenvalue weighted by molar-refractivity contribution is 6.31. The minimum absolute atomic E-state index is 0.0380. The average molecular weight is 329 g/mol. The number of rotatable bonds is 4. The molecule has 2 N–H and O–H groups in total. The molecule has 118 valence electrons. The van der Waals surface area contributed by atoms with Crippen molar-refractivity contribution in [2.45, 2.75) is 12.3 Å². The summed E-state index contributed by atoms with van der Waals surface area (Å²) >= 11 is 6.18. The fourth-order valence-corrected chi connectivity index (χ4v) is 3.00. The van der Waals surface area contributed by atoms with Crippen molar-refractivity contribution in [1.82, 2.24) is 5.32 Å². The molecule has 0 aliphatic heterocycles. The molecular weight excluding hydrogens is 312 g/mol. The Morgan fingerprint density at radius 1 is 1.13 bits per heavy atom. The highest BCUT2D eigenvalue weighted by Gasteiger charge is 2.44. The van der Waals surface area contributed by atoms with Gasteiger partial charge in [-0.2, -0.15) is 0 Å². The molecule has 0 aromatic heterocycles. The molecule has 5 heteroatoms. The number of carbonyl (C=O) groups excluding carboxylic acids is 2. The Morgan fingerprint density at radius 3 is 2.65 bits per heavy atom. The molecule has 1 aliphatic carbocycles. The van der Waals surface area contributed by atoms with Gasteiger partial charge in [0, 0.05) is 29.2 Å². The van der Waals surface area contributed by atoms with Crippen LogP contribution in [0.2, 0.25) is 5.02 Å². The van der Waals surface area contributed by atoms with Crippen molar-refractivity contribution in [3.63, 3.8) is 0 Å². The van der Waals surface area contributed by atoms with Crippen LogP contribution in [-0.4, -0.2) is 18.9 Å². The number of amides is 2. The number of benzene rings is 2. The van der Waals surface area contributed by atoms with E-state index in [1.54, 1.807) is 31.3 Å². The molecular formula is C18H17ClN2O2. The van der Waals surface area contributed by atoms with Crippen molar-refractivity contribution in [3.8, 4) is 0 Å². The van der Waals surface area contributed by atoms with E-state index < -0.39 is 0 Å². The van der Waals surface area contributed by atoms with Gasteiger partial charge >= 0.3 is 0 Å². The minimum Gasteiger partial charge on any atom is -0.355 e. The first-order chi connectivity index (χ1) is 11.1. The first kappa shape index (κ1) is 15.6. The van der Waals surface area contributed by atoms with Gasteiger partial charge in [-0.3, -0.25) is 9.59 Å². The molecule has 0 radical (unpaired) electrons. The molecule has 2 aromatic rings. The molecule has 2 unspecified atom stereocenters. The molecule has 0 spiro atoms. The average Bonchev–Trinajstić information content (AvgIpc) is 3.35. The second-order valence-corrected chi connectivity index (χ2v) is 6.03. The van der Waals surface area contributed by atoms with E-state index in [0.717, 1.165) is 12.0 Å². The maximum Gasteiger partial charge on any atom is 0.251 e. The molecule has 0 saturated heterocycles. The molecule has 4 nitrogen and oxygen atoms in total. The molecule has 1 saturated carbocycles. The topological polar surface area (TPSA) is 58.2 Å². The normalized spacial score (nSPS) is 19.0. The summed E-state index contributed by atoms with van der Waals surface area (Å²) in [4.78, 5) is 24.0. The lowest BCUT2D eigenvalue weighted by Crippen LogP contribution is -2.19. The van der Waals surface area contributed by atoms with E-state index in [4.69, 9.17) is 11.6 Å². The molecule has 1 fully saturated rings. The second-order valence-electron chi connectivity index (χ2n) is 5.62. The summed E-state index contributed by atoms with van der Waals surface area (Å²) < 4.78 is 0. The zero-order valence-electron chi connectivity index (χ0n) is 12.7. The fourth-order valence-electron chi connectivity index (χ4n) is 2.72. The SMILES string of the molecule is CNC(=O)c1cccc(NC(=O)C2CC2c2ccccc2Cl)c1. The molecule has 1 aliphatic rings. The molecule has 0 bridgehead atoms. The summed E-state index contributed by atoms with van der Waals surface area (Å²) in [6.07, 6.45) is 0.796. The number of carbonyl (C=O) groups is 2. The van der Waals surface area contributed by atoms with E-state index in [0.29, 0.717) is 16.3 Å². The van der Waals surface area contributed by atoms with Gasteiger partial charge in [0.2, 0.25) is 5.91 Å². The first-order valence-corrected chi connectivity index (χ1v) is 7.85. The van der Waals surface area contributed by atoms with Crippen LogP contribution in [0, 0.1) is 5.92 Å². The standard InChI is InChI=1S/C18H17ClN2O2/c1-20-17(22)11-5-4-6-12(9-11)21-18(23)15-10-14(15)13-7-2-3-8-16(13)19/h2-9,14-15H,10H2,1H3,(H,20,22)(H,21,23). The van der Waals surface area contributed by atoms with E-state index in [9.17, 15) is 9.59 Å². The van der Waals surface area contributed by atoms with Crippen LogP contribution < -0.4 is 10.6 Å². The van der Waals surface area contributed by atoms with Crippen molar-refractivity contribution < 1.29 is 9.59 Å². The Labute approximate surface area is 139 Å². The summed E-state index contributed by atoms with van der Waals surface area (Å²) in [6, 6.07) is 14.5. The Kier molecular flexibility index (Phi) is 4.35. The Morgan fingerprint density at radius 2 is 1.91 bits per heavy atom. The smallest absolute Gasteiger partial charge is 0.251 e. The third-order valence-electron chi connectivity index (χ3n) is 4.05. The molecule has 3 rings (SSSR count). The maximum absolute atomic E-state index is 12.4. The van der Waals surface area contributed by atoms with Gasteiger partial charge in [-0.1, -0.05) is 35.9 Å². The summed E-state index contributed by atoms with van der Waals surface area (Å²) in [5.41, 5.74) is 2.16. The van der Waals surface area contributed by atoms with E-state index in [2.05, 4.69) is 10.6 Å². The van der Waals surface area contributed by atoms with Gasteiger partial charge in [0.1, 0.15) is 0 Å². The Balaban J connectivity index is 1.67. The van der Waals surface area contributed by atoms with Crippen LogP contribution in [0.15, 0.2) is 48.5 Å². The van der Waals surface area contributed by atoms with Crippen LogP contribution in [0.3, 0.4) is 0 Å². The van der Waals surface area contributed by atoms with Crippen molar-refractivity contribution in [2.24, 2.45) is 5.92 Å². The lowest BCUT2D eigenvalue weighted by molar-refractivity contribution is -0.117. The predicted octanol–water partition coefficient (Wildman–Crippen LogP) is 3.44. The lowest BCUT2D eigenvalue weighted by Gasteiger charge is -2.07. The van der Waals surface area contributed by atoms with E-state index in [-0.39, 0.29) is 23.7 Å². The van der Waals surface area contributed by atoms with Crippen molar-refractivity contribution >= 4 is 29.1 Å². The molecule has 2 atom stereocenters. The van der Waals surface area contributed by atoms with Crippen LogP contribution >= 0.6 is 11.6 Å². The molecule has 2 amide bonds. The number of nitrogens with one attached hydrogen (secondary N) is 2. The van der Waals surface area contributed by atoms with Crippen LogP contribution in [0.1, 0.15) is 28.3 Å². The zero-order valence-corrected chi connectivity index (χ0v) is 13.4. The van der Waals surface area contributed by atoms with Gasteiger partial charge in [-0.05, 0) is 42.2 Å². The summed E-state index contributed by atoms with van der Waals surface area (Å²) in [6.45, 7) is 0. The predicted molar refractivity (Wildman–Crippen MR) is 90.8 cm³/mol. The monoisotopic (exact) mass is 328 g/mol. The molecule has 2 aromatic carbocycles. The quantitative estimate of drug-likeness (QED) is 0.903. The highest BCUT2D eigenvalue weighted by atomic mass is 35.5.